The summed E-state index contributed by atoms with van der Waals surface area (Å²) in [6, 6.07) is 8.34. The summed E-state index contributed by atoms with van der Waals surface area (Å²) in [4.78, 5) is 12.7. The number of halogens is 1. The molecule has 1 aliphatic heterocycles. The molecule has 0 bridgehead atoms. The number of fused-ring (bicyclic) bond motifs is 1. The first kappa shape index (κ1) is 18.9. The van der Waals surface area contributed by atoms with E-state index in [9.17, 15) is 4.79 Å². The number of amides is 1. The molecule has 6 heteroatoms. The molecule has 1 aromatic heterocycles. The number of nitrogens with zero attached hydrogens (tertiary/aromatic N) is 2. The molecular weight excluding hydrogens is 348 g/mol. The molecule has 1 fully saturated rings. The summed E-state index contributed by atoms with van der Waals surface area (Å²) in [5.74, 6) is 0.513. The Morgan fingerprint density at radius 1 is 1.27 bits per heavy atom. The number of benzene rings is 1. The molecule has 2 heterocycles. The van der Waals surface area contributed by atoms with Gasteiger partial charge < -0.3 is 10.6 Å². The predicted molar refractivity (Wildman–Crippen MR) is 106 cm³/mol. The third kappa shape index (κ3) is 3.79. The third-order valence-corrected chi connectivity index (χ3v) is 5.37. The van der Waals surface area contributed by atoms with Crippen LogP contribution in [0.25, 0.3) is 5.69 Å². The summed E-state index contributed by atoms with van der Waals surface area (Å²) in [5.41, 5.74) is 5.23. The van der Waals surface area contributed by atoms with Gasteiger partial charge in [0.25, 0.3) is 5.91 Å². The summed E-state index contributed by atoms with van der Waals surface area (Å²) >= 11 is 0. The Hall–Kier alpha value is -1.85. The van der Waals surface area contributed by atoms with Gasteiger partial charge in [-0.3, -0.25) is 4.79 Å². The molecule has 140 valence electrons. The fourth-order valence-electron chi connectivity index (χ4n) is 3.94. The summed E-state index contributed by atoms with van der Waals surface area (Å²) in [6.45, 7) is 4.91. The highest BCUT2D eigenvalue weighted by Gasteiger charge is 2.27. The largest absolute Gasteiger partial charge is 0.350 e. The Labute approximate surface area is 161 Å². The highest BCUT2D eigenvalue weighted by molar-refractivity contribution is 5.94. The van der Waals surface area contributed by atoms with E-state index in [1.54, 1.807) is 0 Å². The number of aromatic nitrogens is 2. The monoisotopic (exact) mass is 374 g/mol. The maximum Gasteiger partial charge on any atom is 0.272 e. The molecule has 4 rings (SSSR count). The summed E-state index contributed by atoms with van der Waals surface area (Å²) in [5, 5.41) is 11.2. The second-order valence-electron chi connectivity index (χ2n) is 7.30. The SMILES string of the molecule is Cc1ccc(-n2nc(C(=O)NCC3CCCNC3)c3c2CCC3)cc1.Cl. The molecule has 1 amide bonds. The van der Waals surface area contributed by atoms with Gasteiger partial charge >= 0.3 is 0 Å². The zero-order valence-corrected chi connectivity index (χ0v) is 16.1. The van der Waals surface area contributed by atoms with Crippen LogP contribution in [0.4, 0.5) is 0 Å². The van der Waals surface area contributed by atoms with E-state index < -0.39 is 0 Å². The smallest absolute Gasteiger partial charge is 0.272 e. The fraction of sp³-hybridized carbons (Fsp3) is 0.500. The number of aryl methyl sites for hydroxylation is 1. The molecule has 0 spiro atoms. The zero-order valence-electron chi connectivity index (χ0n) is 15.3. The first-order valence-corrected chi connectivity index (χ1v) is 9.39. The Balaban J connectivity index is 0.00000196. The van der Waals surface area contributed by atoms with Crippen molar-refractivity contribution in [1.82, 2.24) is 20.4 Å². The molecule has 1 aromatic carbocycles. The van der Waals surface area contributed by atoms with Crippen molar-refractivity contribution in [3.8, 4) is 5.69 Å². The lowest BCUT2D eigenvalue weighted by atomic mass is 10.00. The number of carbonyl (C=O) groups is 1. The Morgan fingerprint density at radius 3 is 2.81 bits per heavy atom. The minimum absolute atomic E-state index is 0. The van der Waals surface area contributed by atoms with E-state index in [0.29, 0.717) is 11.6 Å². The van der Waals surface area contributed by atoms with Crippen molar-refractivity contribution in [2.24, 2.45) is 5.92 Å². The highest BCUT2D eigenvalue weighted by atomic mass is 35.5. The maximum absolute atomic E-state index is 12.7. The Morgan fingerprint density at radius 2 is 2.08 bits per heavy atom. The van der Waals surface area contributed by atoms with Gasteiger partial charge in [-0.25, -0.2) is 4.68 Å². The average molecular weight is 375 g/mol. The van der Waals surface area contributed by atoms with Crippen LogP contribution >= 0.6 is 12.4 Å². The average Bonchev–Trinajstić information content (AvgIpc) is 3.24. The van der Waals surface area contributed by atoms with Crippen LogP contribution < -0.4 is 10.6 Å². The standard InChI is InChI=1S/C20H26N4O.ClH/c1-14-7-9-16(10-8-14)24-18-6-2-5-17(18)19(23-24)20(25)22-13-15-4-3-11-21-12-15;/h7-10,15,21H,2-6,11-13H2,1H3,(H,22,25);1H. The highest BCUT2D eigenvalue weighted by Crippen LogP contribution is 2.28. The van der Waals surface area contributed by atoms with Gasteiger partial charge in [0.15, 0.2) is 5.69 Å². The quantitative estimate of drug-likeness (QED) is 0.865. The summed E-state index contributed by atoms with van der Waals surface area (Å²) in [7, 11) is 0. The van der Waals surface area contributed by atoms with Crippen molar-refractivity contribution in [2.45, 2.75) is 39.0 Å². The van der Waals surface area contributed by atoms with Gasteiger partial charge in [0.1, 0.15) is 0 Å². The van der Waals surface area contributed by atoms with Crippen LogP contribution in [0.1, 0.15) is 46.6 Å². The van der Waals surface area contributed by atoms with Crippen LogP contribution in [-0.4, -0.2) is 35.3 Å². The lowest BCUT2D eigenvalue weighted by Gasteiger charge is -2.22. The van der Waals surface area contributed by atoms with E-state index in [2.05, 4.69) is 46.9 Å². The second kappa shape index (κ2) is 8.23. The van der Waals surface area contributed by atoms with E-state index in [0.717, 1.165) is 50.1 Å². The van der Waals surface area contributed by atoms with Gasteiger partial charge in [0.05, 0.1) is 5.69 Å². The minimum Gasteiger partial charge on any atom is -0.350 e. The number of piperidine rings is 1. The van der Waals surface area contributed by atoms with E-state index in [1.807, 2.05) is 4.68 Å². The first-order chi connectivity index (χ1) is 12.2. The number of hydrogen-bond acceptors (Lipinski definition) is 3. The van der Waals surface area contributed by atoms with Crippen LogP contribution in [-0.2, 0) is 12.8 Å². The van der Waals surface area contributed by atoms with Crippen LogP contribution in [0.5, 0.6) is 0 Å². The molecule has 0 saturated carbocycles. The minimum atomic E-state index is -0.0189. The molecule has 1 unspecified atom stereocenters. The number of carbonyl (C=O) groups excluding carboxylic acids is 1. The molecule has 2 aliphatic rings. The maximum atomic E-state index is 12.7. The van der Waals surface area contributed by atoms with Gasteiger partial charge in [-0.1, -0.05) is 17.7 Å². The van der Waals surface area contributed by atoms with Gasteiger partial charge in [0, 0.05) is 17.8 Å². The van der Waals surface area contributed by atoms with Crippen molar-refractivity contribution in [3.63, 3.8) is 0 Å². The molecule has 1 aliphatic carbocycles. The van der Waals surface area contributed by atoms with Gasteiger partial charge in [-0.15, -0.1) is 12.4 Å². The van der Waals surface area contributed by atoms with E-state index in [-0.39, 0.29) is 18.3 Å². The molecule has 2 N–H and O–H groups in total. The Kier molecular flexibility index (Phi) is 5.99. The molecule has 5 nitrogen and oxygen atoms in total. The lowest BCUT2D eigenvalue weighted by Crippen LogP contribution is -2.38. The fourth-order valence-corrected chi connectivity index (χ4v) is 3.94. The van der Waals surface area contributed by atoms with Crippen molar-refractivity contribution < 1.29 is 4.79 Å². The van der Waals surface area contributed by atoms with Crippen LogP contribution in [0.3, 0.4) is 0 Å². The molecule has 1 atom stereocenters. The van der Waals surface area contributed by atoms with Crippen LogP contribution in [0, 0.1) is 12.8 Å². The first-order valence-electron chi connectivity index (χ1n) is 9.39. The van der Waals surface area contributed by atoms with Crippen LogP contribution in [0.2, 0.25) is 0 Å². The van der Waals surface area contributed by atoms with E-state index in [4.69, 9.17) is 0 Å². The molecule has 1 saturated heterocycles. The van der Waals surface area contributed by atoms with Crippen molar-refractivity contribution in [3.05, 3.63) is 46.8 Å². The second-order valence-corrected chi connectivity index (χ2v) is 7.30. The third-order valence-electron chi connectivity index (χ3n) is 5.37. The molecule has 0 radical (unpaired) electrons. The van der Waals surface area contributed by atoms with Crippen molar-refractivity contribution in [1.29, 1.82) is 0 Å². The van der Waals surface area contributed by atoms with Crippen molar-refractivity contribution >= 4 is 18.3 Å². The Bertz CT molecular complexity index is 763. The van der Waals surface area contributed by atoms with E-state index >= 15 is 0 Å². The van der Waals surface area contributed by atoms with Gasteiger partial charge in [-0.05, 0) is 70.2 Å². The summed E-state index contributed by atoms with van der Waals surface area (Å²) < 4.78 is 1.97. The van der Waals surface area contributed by atoms with Gasteiger partial charge in [-0.2, -0.15) is 5.10 Å². The normalized spacial score (nSPS) is 18.9. The summed E-state index contributed by atoms with van der Waals surface area (Å²) in [6.07, 6.45) is 5.43. The number of hydrogen-bond donors (Lipinski definition) is 2. The van der Waals surface area contributed by atoms with Crippen LogP contribution in [0.15, 0.2) is 24.3 Å². The molecule has 2 aromatic rings. The van der Waals surface area contributed by atoms with Crippen molar-refractivity contribution in [2.75, 3.05) is 19.6 Å². The lowest BCUT2D eigenvalue weighted by molar-refractivity contribution is 0.0938. The molecular formula is C20H27ClN4O. The number of nitrogens with one attached hydrogen (secondary N) is 2. The number of rotatable bonds is 4. The zero-order chi connectivity index (χ0) is 17.2. The molecule has 26 heavy (non-hydrogen) atoms. The van der Waals surface area contributed by atoms with Gasteiger partial charge in [0.2, 0.25) is 0 Å². The topological polar surface area (TPSA) is 59.0 Å². The predicted octanol–water partition coefficient (Wildman–Crippen LogP) is 2.82. The van der Waals surface area contributed by atoms with E-state index in [1.165, 1.54) is 24.1 Å².